The average Bonchev–Trinajstić information content (AvgIpc) is 2.89. The second-order valence-corrected chi connectivity index (χ2v) is 6.67. The molecule has 1 aromatic rings. The zero-order chi connectivity index (χ0) is 15.5. The van der Waals surface area contributed by atoms with Crippen molar-refractivity contribution in [3.05, 3.63) is 35.9 Å². The van der Waals surface area contributed by atoms with Gasteiger partial charge in [-0.05, 0) is 24.3 Å². The van der Waals surface area contributed by atoms with E-state index in [2.05, 4.69) is 6.92 Å². The Balaban J connectivity index is 1.58. The third-order valence-corrected chi connectivity index (χ3v) is 4.88. The van der Waals surface area contributed by atoms with E-state index in [4.69, 9.17) is 0 Å². The number of carbonyl (C=O) groups excluding carboxylic acids is 2. The lowest BCUT2D eigenvalue weighted by Crippen LogP contribution is -2.42. The van der Waals surface area contributed by atoms with Crippen LogP contribution in [0.25, 0.3) is 0 Å². The van der Waals surface area contributed by atoms with E-state index in [1.807, 2.05) is 40.1 Å². The first-order valence-corrected chi connectivity index (χ1v) is 8.24. The van der Waals surface area contributed by atoms with Crippen molar-refractivity contribution in [3.63, 3.8) is 0 Å². The fourth-order valence-corrected chi connectivity index (χ4v) is 3.38. The molecule has 0 bridgehead atoms. The Labute approximate surface area is 132 Å². The van der Waals surface area contributed by atoms with Crippen molar-refractivity contribution < 1.29 is 9.59 Å². The third-order valence-electron chi connectivity index (χ3n) is 4.88. The molecule has 3 rings (SSSR count). The van der Waals surface area contributed by atoms with Gasteiger partial charge in [-0.1, -0.05) is 37.3 Å². The summed E-state index contributed by atoms with van der Waals surface area (Å²) in [6.45, 7) is 5.12. The molecule has 0 N–H and O–H groups in total. The minimum absolute atomic E-state index is 0.104. The molecule has 1 atom stereocenters. The highest BCUT2D eigenvalue weighted by Gasteiger charge is 2.37. The van der Waals surface area contributed by atoms with Crippen molar-refractivity contribution in [2.24, 2.45) is 11.8 Å². The first-order chi connectivity index (χ1) is 10.6. The lowest BCUT2D eigenvalue weighted by Gasteiger charge is -2.32. The van der Waals surface area contributed by atoms with Crippen LogP contribution in [0.4, 0.5) is 0 Å². The topological polar surface area (TPSA) is 40.6 Å². The molecular formula is C18H24N2O2. The zero-order valence-corrected chi connectivity index (χ0v) is 13.2. The molecule has 0 aromatic heterocycles. The Morgan fingerprint density at radius 2 is 1.86 bits per heavy atom. The lowest BCUT2D eigenvalue weighted by molar-refractivity contribution is -0.137. The number of carbonyl (C=O) groups is 2. The highest BCUT2D eigenvalue weighted by molar-refractivity contribution is 5.89. The molecule has 1 aromatic carbocycles. The maximum atomic E-state index is 12.6. The molecule has 4 heteroatoms. The molecule has 2 aliphatic heterocycles. The number of hydrogen-bond donors (Lipinski definition) is 0. The molecule has 2 amide bonds. The van der Waals surface area contributed by atoms with E-state index in [1.54, 1.807) is 0 Å². The van der Waals surface area contributed by atoms with Gasteiger partial charge >= 0.3 is 0 Å². The molecule has 0 spiro atoms. The van der Waals surface area contributed by atoms with Crippen molar-refractivity contribution in [1.82, 2.24) is 9.80 Å². The van der Waals surface area contributed by atoms with Gasteiger partial charge in [-0.2, -0.15) is 0 Å². The van der Waals surface area contributed by atoms with Crippen LogP contribution in [-0.2, 0) is 16.1 Å². The van der Waals surface area contributed by atoms with Crippen LogP contribution >= 0.6 is 0 Å². The monoisotopic (exact) mass is 300 g/mol. The van der Waals surface area contributed by atoms with E-state index in [-0.39, 0.29) is 17.7 Å². The predicted molar refractivity (Wildman–Crippen MR) is 84.9 cm³/mol. The number of hydrogen-bond acceptors (Lipinski definition) is 2. The smallest absolute Gasteiger partial charge is 0.227 e. The van der Waals surface area contributed by atoms with Gasteiger partial charge in [-0.15, -0.1) is 0 Å². The normalized spacial score (nSPS) is 23.1. The van der Waals surface area contributed by atoms with Gasteiger partial charge in [0.25, 0.3) is 0 Å². The second-order valence-electron chi connectivity index (χ2n) is 6.67. The Kier molecular flexibility index (Phi) is 4.46. The summed E-state index contributed by atoms with van der Waals surface area (Å²) in [6, 6.07) is 9.97. The number of benzene rings is 1. The van der Waals surface area contributed by atoms with Gasteiger partial charge in [-0.3, -0.25) is 9.59 Å². The maximum absolute atomic E-state index is 12.6. The molecule has 4 nitrogen and oxygen atoms in total. The quantitative estimate of drug-likeness (QED) is 0.859. The van der Waals surface area contributed by atoms with Gasteiger partial charge in [0.05, 0.1) is 5.92 Å². The molecule has 1 unspecified atom stereocenters. The number of rotatable bonds is 3. The minimum Gasteiger partial charge on any atom is -0.342 e. The predicted octanol–water partition coefficient (Wildman–Crippen LogP) is 2.29. The molecule has 2 fully saturated rings. The van der Waals surface area contributed by atoms with Crippen molar-refractivity contribution in [1.29, 1.82) is 0 Å². The van der Waals surface area contributed by atoms with E-state index in [0.29, 0.717) is 25.4 Å². The molecular weight excluding hydrogens is 276 g/mol. The Morgan fingerprint density at radius 3 is 2.55 bits per heavy atom. The van der Waals surface area contributed by atoms with Crippen molar-refractivity contribution in [3.8, 4) is 0 Å². The van der Waals surface area contributed by atoms with Gasteiger partial charge in [0, 0.05) is 32.6 Å². The Hall–Kier alpha value is -1.84. The van der Waals surface area contributed by atoms with Crippen LogP contribution in [0.15, 0.2) is 30.3 Å². The second kappa shape index (κ2) is 6.51. The Morgan fingerprint density at radius 1 is 1.18 bits per heavy atom. The molecule has 0 radical (unpaired) electrons. The third kappa shape index (κ3) is 3.32. The number of piperidine rings is 1. The summed E-state index contributed by atoms with van der Waals surface area (Å²) in [5, 5.41) is 0. The summed E-state index contributed by atoms with van der Waals surface area (Å²) < 4.78 is 0. The maximum Gasteiger partial charge on any atom is 0.227 e. The van der Waals surface area contributed by atoms with Crippen LogP contribution < -0.4 is 0 Å². The first kappa shape index (κ1) is 15.1. The fraction of sp³-hybridized carbons (Fsp3) is 0.556. The fourth-order valence-electron chi connectivity index (χ4n) is 3.38. The summed E-state index contributed by atoms with van der Waals surface area (Å²) >= 11 is 0. The van der Waals surface area contributed by atoms with Gasteiger partial charge in [0.2, 0.25) is 11.8 Å². The molecule has 2 aliphatic rings. The summed E-state index contributed by atoms with van der Waals surface area (Å²) in [7, 11) is 0. The lowest BCUT2D eigenvalue weighted by atomic mass is 9.97. The van der Waals surface area contributed by atoms with E-state index in [0.717, 1.165) is 31.5 Å². The van der Waals surface area contributed by atoms with Crippen LogP contribution in [0.5, 0.6) is 0 Å². The number of amides is 2. The highest BCUT2D eigenvalue weighted by Crippen LogP contribution is 2.24. The van der Waals surface area contributed by atoms with Crippen LogP contribution in [-0.4, -0.2) is 41.2 Å². The molecule has 118 valence electrons. The van der Waals surface area contributed by atoms with Crippen LogP contribution in [0.3, 0.4) is 0 Å². The standard InChI is InChI=1S/C18H24N2O2/c1-14-7-9-19(10-8-14)18(22)16-11-17(21)20(13-16)12-15-5-3-2-4-6-15/h2-6,14,16H,7-13H2,1H3. The number of nitrogens with zero attached hydrogens (tertiary/aromatic N) is 2. The van der Waals surface area contributed by atoms with Crippen LogP contribution in [0, 0.1) is 11.8 Å². The largest absolute Gasteiger partial charge is 0.342 e. The van der Waals surface area contributed by atoms with Crippen LogP contribution in [0.1, 0.15) is 31.7 Å². The van der Waals surface area contributed by atoms with Gasteiger partial charge < -0.3 is 9.80 Å². The van der Waals surface area contributed by atoms with Gasteiger partial charge in [-0.25, -0.2) is 0 Å². The van der Waals surface area contributed by atoms with E-state index >= 15 is 0 Å². The summed E-state index contributed by atoms with van der Waals surface area (Å²) in [5.74, 6) is 0.844. The average molecular weight is 300 g/mol. The van der Waals surface area contributed by atoms with Crippen molar-refractivity contribution in [2.45, 2.75) is 32.7 Å². The Bertz CT molecular complexity index is 535. The summed E-state index contributed by atoms with van der Waals surface area (Å²) in [5.41, 5.74) is 1.12. The molecule has 2 saturated heterocycles. The molecule has 0 aliphatic carbocycles. The summed E-state index contributed by atoms with van der Waals surface area (Å²) in [6.07, 6.45) is 2.54. The van der Waals surface area contributed by atoms with E-state index in [9.17, 15) is 9.59 Å². The van der Waals surface area contributed by atoms with Crippen molar-refractivity contribution >= 4 is 11.8 Å². The van der Waals surface area contributed by atoms with E-state index < -0.39 is 0 Å². The molecule has 2 heterocycles. The van der Waals surface area contributed by atoms with Gasteiger partial charge in [0.15, 0.2) is 0 Å². The SMILES string of the molecule is CC1CCN(C(=O)C2CC(=O)N(Cc3ccccc3)C2)CC1. The van der Waals surface area contributed by atoms with E-state index in [1.165, 1.54) is 0 Å². The minimum atomic E-state index is -0.149. The van der Waals surface area contributed by atoms with Crippen LogP contribution in [0.2, 0.25) is 0 Å². The molecule has 0 saturated carbocycles. The van der Waals surface area contributed by atoms with Crippen molar-refractivity contribution in [2.75, 3.05) is 19.6 Å². The molecule has 22 heavy (non-hydrogen) atoms. The number of likely N-dealkylation sites (tertiary alicyclic amines) is 2. The first-order valence-electron chi connectivity index (χ1n) is 8.24. The summed E-state index contributed by atoms with van der Waals surface area (Å²) in [4.78, 5) is 28.6. The van der Waals surface area contributed by atoms with Gasteiger partial charge in [0.1, 0.15) is 0 Å². The highest BCUT2D eigenvalue weighted by atomic mass is 16.2. The zero-order valence-electron chi connectivity index (χ0n) is 13.2.